The van der Waals surface area contributed by atoms with Crippen molar-refractivity contribution in [3.05, 3.63) is 25.3 Å². The van der Waals surface area contributed by atoms with Gasteiger partial charge in [0.25, 0.3) is 0 Å². The van der Waals surface area contributed by atoms with Crippen LogP contribution in [0, 0.1) is 0 Å². The Bertz CT molecular complexity index is 47.0. The highest BCUT2D eigenvalue weighted by molar-refractivity contribution is 5.85. The highest BCUT2D eigenvalue weighted by Crippen LogP contribution is 1.40. The molecule has 0 spiro atoms. The van der Waals surface area contributed by atoms with Crippen molar-refractivity contribution in [1.82, 2.24) is 0 Å². The topological polar surface area (TPSA) is 52.0 Å². The quantitative estimate of drug-likeness (QED) is 0.569. The molecule has 0 saturated carbocycles. The van der Waals surface area contributed by atoms with Gasteiger partial charge in [0.15, 0.2) is 0 Å². The Morgan fingerprint density at radius 2 is 1.11 bits per heavy atom. The largest absolute Gasteiger partial charge is 0.327 e. The first kappa shape index (κ1) is 15.9. The van der Waals surface area contributed by atoms with Crippen LogP contribution in [0.15, 0.2) is 25.3 Å². The molecule has 0 unspecified atom stereocenters. The zero-order chi connectivity index (χ0) is 6.83. The zero-order valence-electron chi connectivity index (χ0n) is 5.55. The van der Waals surface area contributed by atoms with Gasteiger partial charge in [0.2, 0.25) is 0 Å². The molecule has 2 nitrogen and oxygen atoms in total. The minimum Gasteiger partial charge on any atom is -0.327 e. The van der Waals surface area contributed by atoms with Crippen LogP contribution >= 0.6 is 12.4 Å². The molecule has 0 aliphatic heterocycles. The molecule has 0 aromatic carbocycles. The van der Waals surface area contributed by atoms with Crippen LogP contribution in [0.4, 0.5) is 0 Å². The number of halogens is 1. The molecule has 0 radical (unpaired) electrons. The van der Waals surface area contributed by atoms with Crippen molar-refractivity contribution < 1.29 is 0 Å². The second-order valence-corrected chi connectivity index (χ2v) is 1.05. The third kappa shape index (κ3) is 87.2. The van der Waals surface area contributed by atoms with Gasteiger partial charge in [-0.25, -0.2) is 0 Å². The normalized spacial score (nSPS) is 5.56. The van der Waals surface area contributed by atoms with Crippen molar-refractivity contribution >= 4 is 12.4 Å². The van der Waals surface area contributed by atoms with Gasteiger partial charge in [-0.1, -0.05) is 12.2 Å². The molecule has 0 aliphatic rings. The van der Waals surface area contributed by atoms with E-state index < -0.39 is 0 Å². The fraction of sp³-hybridized carbons (Fsp3) is 0.333. The van der Waals surface area contributed by atoms with Gasteiger partial charge in [0, 0.05) is 13.1 Å². The monoisotopic (exact) mass is 150 g/mol. The molecule has 0 heterocycles. The minimum absolute atomic E-state index is 0. The number of rotatable bonds is 2. The van der Waals surface area contributed by atoms with Crippen LogP contribution in [0.3, 0.4) is 0 Å². The summed E-state index contributed by atoms with van der Waals surface area (Å²) in [4.78, 5) is 0. The molecule has 0 amide bonds. The lowest BCUT2D eigenvalue weighted by molar-refractivity contribution is 1.26. The van der Waals surface area contributed by atoms with Gasteiger partial charge in [0.05, 0.1) is 0 Å². The van der Waals surface area contributed by atoms with Crippen LogP contribution in [-0.4, -0.2) is 13.1 Å². The third-order valence-electron chi connectivity index (χ3n) is 0.333. The van der Waals surface area contributed by atoms with E-state index in [1.165, 1.54) is 0 Å². The van der Waals surface area contributed by atoms with Crippen LogP contribution in [0.5, 0.6) is 0 Å². The number of nitrogens with two attached hydrogens (primary N) is 2. The third-order valence-corrected chi connectivity index (χ3v) is 0.333. The van der Waals surface area contributed by atoms with Gasteiger partial charge in [-0.05, 0) is 0 Å². The summed E-state index contributed by atoms with van der Waals surface area (Å²) in [5, 5.41) is 0. The van der Waals surface area contributed by atoms with Gasteiger partial charge >= 0.3 is 0 Å². The van der Waals surface area contributed by atoms with Crippen LogP contribution < -0.4 is 11.5 Å². The molecule has 0 aromatic heterocycles. The van der Waals surface area contributed by atoms with Gasteiger partial charge < -0.3 is 11.5 Å². The maximum absolute atomic E-state index is 4.91. The van der Waals surface area contributed by atoms with E-state index in [0.717, 1.165) is 0 Å². The Balaban J connectivity index is -0.0000000720. The SMILES string of the molecule is C=CCN.C=CCN.Cl. The van der Waals surface area contributed by atoms with Crippen LogP contribution in [0.1, 0.15) is 0 Å². The van der Waals surface area contributed by atoms with E-state index >= 15 is 0 Å². The molecule has 0 bridgehead atoms. The molecule has 4 N–H and O–H groups in total. The predicted molar refractivity (Wildman–Crippen MR) is 45.8 cm³/mol. The van der Waals surface area contributed by atoms with Crippen LogP contribution in [0.2, 0.25) is 0 Å². The van der Waals surface area contributed by atoms with E-state index in [-0.39, 0.29) is 12.4 Å². The smallest absolute Gasteiger partial charge is 0.0104 e. The van der Waals surface area contributed by atoms with Crippen molar-refractivity contribution in [3.8, 4) is 0 Å². The first-order chi connectivity index (χ1) is 3.83. The highest BCUT2D eigenvalue weighted by Gasteiger charge is 1.43. The summed E-state index contributed by atoms with van der Waals surface area (Å²) in [6.45, 7) is 7.87. The first-order valence-electron chi connectivity index (χ1n) is 2.45. The molecule has 3 heteroatoms. The van der Waals surface area contributed by atoms with Crippen molar-refractivity contribution in [3.63, 3.8) is 0 Å². The average Bonchev–Trinajstić information content (AvgIpc) is 1.88. The van der Waals surface area contributed by atoms with Crippen LogP contribution in [-0.2, 0) is 0 Å². The van der Waals surface area contributed by atoms with E-state index in [1.54, 1.807) is 12.2 Å². The molecule has 56 valence electrons. The Morgan fingerprint density at radius 3 is 1.11 bits per heavy atom. The summed E-state index contributed by atoms with van der Waals surface area (Å²) >= 11 is 0. The molecule has 0 rings (SSSR count). The summed E-state index contributed by atoms with van der Waals surface area (Å²) in [7, 11) is 0. The van der Waals surface area contributed by atoms with E-state index in [0.29, 0.717) is 13.1 Å². The van der Waals surface area contributed by atoms with E-state index in [2.05, 4.69) is 13.2 Å². The summed E-state index contributed by atoms with van der Waals surface area (Å²) in [6, 6.07) is 0. The summed E-state index contributed by atoms with van der Waals surface area (Å²) in [6.07, 6.45) is 3.31. The second-order valence-electron chi connectivity index (χ2n) is 1.05. The maximum atomic E-state index is 4.91. The molecule has 9 heavy (non-hydrogen) atoms. The zero-order valence-corrected chi connectivity index (χ0v) is 6.36. The average molecular weight is 151 g/mol. The van der Waals surface area contributed by atoms with Gasteiger partial charge in [-0.3, -0.25) is 0 Å². The maximum Gasteiger partial charge on any atom is 0.0104 e. The molecule has 0 atom stereocenters. The summed E-state index contributed by atoms with van der Waals surface area (Å²) in [5.41, 5.74) is 9.82. The van der Waals surface area contributed by atoms with E-state index in [4.69, 9.17) is 11.5 Å². The Kier molecular flexibility index (Phi) is 44.6. The lowest BCUT2D eigenvalue weighted by atomic mass is 10.7. The first-order valence-corrected chi connectivity index (χ1v) is 2.45. The Hall–Kier alpha value is -0.310. The lowest BCUT2D eigenvalue weighted by Gasteiger charge is -1.61. The van der Waals surface area contributed by atoms with Gasteiger partial charge in [-0.2, -0.15) is 0 Å². The Morgan fingerprint density at radius 1 is 1.00 bits per heavy atom. The minimum atomic E-state index is 0. The van der Waals surface area contributed by atoms with E-state index in [9.17, 15) is 0 Å². The van der Waals surface area contributed by atoms with E-state index in [1.807, 2.05) is 0 Å². The fourth-order valence-electron chi connectivity index (χ4n) is 0. The molecule has 0 aliphatic carbocycles. The molecule has 0 fully saturated rings. The molecule has 0 aromatic rings. The standard InChI is InChI=1S/2C3H7N.ClH/c2*1-2-3-4;/h2*2H,1,3-4H2;1H. The molecular formula is C6H15ClN2. The highest BCUT2D eigenvalue weighted by atomic mass is 35.5. The van der Waals surface area contributed by atoms with Crippen LogP contribution in [0.25, 0.3) is 0 Å². The second kappa shape index (κ2) is 25.3. The fourth-order valence-corrected chi connectivity index (χ4v) is 0. The molecular weight excluding hydrogens is 136 g/mol. The summed E-state index contributed by atoms with van der Waals surface area (Å²) < 4.78 is 0. The predicted octanol–water partition coefficient (Wildman–Crippen LogP) is 0.684. The molecule has 0 saturated heterocycles. The number of hydrogen-bond acceptors (Lipinski definition) is 2. The van der Waals surface area contributed by atoms with Crippen molar-refractivity contribution in [2.24, 2.45) is 11.5 Å². The number of hydrogen-bond donors (Lipinski definition) is 2. The van der Waals surface area contributed by atoms with Gasteiger partial charge in [-0.15, -0.1) is 25.6 Å². The van der Waals surface area contributed by atoms with Crippen molar-refractivity contribution in [2.75, 3.05) is 13.1 Å². The van der Waals surface area contributed by atoms with Crippen molar-refractivity contribution in [2.45, 2.75) is 0 Å². The summed E-state index contributed by atoms with van der Waals surface area (Å²) in [5.74, 6) is 0. The van der Waals surface area contributed by atoms with Crippen molar-refractivity contribution in [1.29, 1.82) is 0 Å². The lowest BCUT2D eigenvalue weighted by Crippen LogP contribution is -1.90. The van der Waals surface area contributed by atoms with Gasteiger partial charge in [0.1, 0.15) is 0 Å². The Labute approximate surface area is 63.0 Å².